The van der Waals surface area contributed by atoms with Crippen molar-refractivity contribution in [2.75, 3.05) is 0 Å². The summed E-state index contributed by atoms with van der Waals surface area (Å²) >= 11 is 0. The summed E-state index contributed by atoms with van der Waals surface area (Å²) in [6.07, 6.45) is 7.27. The lowest BCUT2D eigenvalue weighted by atomic mass is 9.97. The van der Waals surface area contributed by atoms with Crippen LogP contribution in [-0.4, -0.2) is 9.97 Å². The summed E-state index contributed by atoms with van der Waals surface area (Å²) in [5, 5.41) is 0. The lowest BCUT2D eigenvalue weighted by Gasteiger charge is -2.10. The first kappa shape index (κ1) is 12.3. The highest BCUT2D eigenvalue weighted by atomic mass is 14.8. The van der Waals surface area contributed by atoms with Gasteiger partial charge in [0.05, 0.1) is 11.4 Å². The van der Waals surface area contributed by atoms with Gasteiger partial charge in [-0.05, 0) is 59.7 Å². The molecule has 0 saturated carbocycles. The smallest absolute Gasteiger partial charge is 0.0892 e. The number of pyridine rings is 2. The molecule has 0 saturated heterocycles. The monoisotopic (exact) mass is 272 g/mol. The predicted molar refractivity (Wildman–Crippen MR) is 84.9 cm³/mol. The van der Waals surface area contributed by atoms with Crippen molar-refractivity contribution in [1.82, 2.24) is 9.97 Å². The number of benzene rings is 1. The molecule has 21 heavy (non-hydrogen) atoms. The quantitative estimate of drug-likeness (QED) is 0.660. The second-order valence-electron chi connectivity index (χ2n) is 5.45. The van der Waals surface area contributed by atoms with E-state index in [0.717, 1.165) is 24.2 Å². The van der Waals surface area contributed by atoms with Gasteiger partial charge >= 0.3 is 0 Å². The van der Waals surface area contributed by atoms with Gasteiger partial charge in [-0.2, -0.15) is 0 Å². The molecule has 0 N–H and O–H groups in total. The Morgan fingerprint density at radius 1 is 0.714 bits per heavy atom. The topological polar surface area (TPSA) is 25.8 Å². The highest BCUT2D eigenvalue weighted by molar-refractivity contribution is 5.75. The van der Waals surface area contributed by atoms with E-state index >= 15 is 0 Å². The number of fused-ring (bicyclic) bond motifs is 3. The van der Waals surface area contributed by atoms with Gasteiger partial charge in [0.2, 0.25) is 0 Å². The van der Waals surface area contributed by atoms with Gasteiger partial charge in [0.25, 0.3) is 0 Å². The van der Waals surface area contributed by atoms with E-state index in [9.17, 15) is 0 Å². The Balaban J connectivity index is 1.91. The first-order valence-corrected chi connectivity index (χ1v) is 7.40. The molecule has 102 valence electrons. The highest BCUT2D eigenvalue weighted by Crippen LogP contribution is 2.33. The van der Waals surface area contributed by atoms with Crippen LogP contribution in [-0.2, 0) is 12.8 Å². The number of aromatic nitrogens is 2. The minimum atomic E-state index is 0.932. The fourth-order valence-electron chi connectivity index (χ4n) is 3.06. The molecule has 0 bridgehead atoms. The van der Waals surface area contributed by atoms with Crippen LogP contribution in [0.25, 0.3) is 22.5 Å². The van der Waals surface area contributed by atoms with Crippen molar-refractivity contribution in [3.63, 3.8) is 0 Å². The molecule has 2 heteroatoms. The van der Waals surface area contributed by atoms with E-state index in [-0.39, 0.29) is 0 Å². The van der Waals surface area contributed by atoms with Crippen molar-refractivity contribution in [3.05, 3.63) is 72.1 Å². The van der Waals surface area contributed by atoms with Crippen molar-refractivity contribution < 1.29 is 0 Å². The summed E-state index contributed by atoms with van der Waals surface area (Å²) < 4.78 is 0. The molecule has 2 heterocycles. The number of rotatable bonds is 1. The molecule has 1 aliphatic carbocycles. The summed E-state index contributed by atoms with van der Waals surface area (Å²) in [6.45, 7) is 0. The highest BCUT2D eigenvalue weighted by Gasteiger charge is 2.15. The molecule has 2 aromatic heterocycles. The van der Waals surface area contributed by atoms with Crippen LogP contribution >= 0.6 is 0 Å². The average molecular weight is 272 g/mol. The SMILES string of the molecule is c1ccc(-c2cc3c(cn2)CCCc2ccccc2-3)nc1. The van der Waals surface area contributed by atoms with Crippen molar-refractivity contribution >= 4 is 0 Å². The van der Waals surface area contributed by atoms with E-state index in [0.29, 0.717) is 0 Å². The van der Waals surface area contributed by atoms with Crippen LogP contribution < -0.4 is 0 Å². The molecule has 0 spiro atoms. The third kappa shape index (κ3) is 2.23. The van der Waals surface area contributed by atoms with Gasteiger partial charge in [-0.25, -0.2) is 0 Å². The second-order valence-corrected chi connectivity index (χ2v) is 5.45. The molecule has 0 unspecified atom stereocenters. The molecule has 0 atom stereocenters. The third-order valence-corrected chi connectivity index (χ3v) is 4.11. The van der Waals surface area contributed by atoms with Gasteiger partial charge in [0.1, 0.15) is 0 Å². The molecule has 1 aliphatic rings. The molecule has 4 rings (SSSR count). The van der Waals surface area contributed by atoms with E-state index in [1.54, 1.807) is 0 Å². The third-order valence-electron chi connectivity index (χ3n) is 4.11. The Kier molecular flexibility index (Phi) is 3.00. The Hall–Kier alpha value is -2.48. The molecule has 0 amide bonds. The lowest BCUT2D eigenvalue weighted by molar-refractivity contribution is 0.831. The summed E-state index contributed by atoms with van der Waals surface area (Å²) in [5.74, 6) is 0. The van der Waals surface area contributed by atoms with Crippen LogP contribution in [0.2, 0.25) is 0 Å². The molecular weight excluding hydrogens is 256 g/mol. The molecule has 0 fully saturated rings. The van der Waals surface area contributed by atoms with Crippen molar-refractivity contribution in [2.24, 2.45) is 0 Å². The van der Waals surface area contributed by atoms with Crippen LogP contribution in [0.5, 0.6) is 0 Å². The number of aryl methyl sites for hydroxylation is 2. The summed E-state index contributed by atoms with van der Waals surface area (Å²) in [7, 11) is 0. The normalized spacial score (nSPS) is 13.1. The van der Waals surface area contributed by atoms with Crippen molar-refractivity contribution in [3.8, 4) is 22.5 Å². The minimum Gasteiger partial charge on any atom is -0.255 e. The molecular formula is C19H16N2. The Labute approximate surface area is 124 Å². The zero-order chi connectivity index (χ0) is 14.1. The van der Waals surface area contributed by atoms with E-state index in [1.807, 2.05) is 30.6 Å². The van der Waals surface area contributed by atoms with E-state index in [2.05, 4.69) is 40.3 Å². The maximum Gasteiger partial charge on any atom is 0.0892 e. The second kappa shape index (κ2) is 5.13. The van der Waals surface area contributed by atoms with E-state index in [4.69, 9.17) is 0 Å². The Morgan fingerprint density at radius 2 is 1.57 bits per heavy atom. The summed E-state index contributed by atoms with van der Waals surface area (Å²) in [4.78, 5) is 9.03. The lowest BCUT2D eigenvalue weighted by Crippen LogP contribution is -1.93. The number of hydrogen-bond acceptors (Lipinski definition) is 2. The zero-order valence-electron chi connectivity index (χ0n) is 11.8. The number of hydrogen-bond donors (Lipinski definition) is 0. The van der Waals surface area contributed by atoms with E-state index < -0.39 is 0 Å². The van der Waals surface area contributed by atoms with Gasteiger partial charge < -0.3 is 0 Å². The summed E-state index contributed by atoms with van der Waals surface area (Å²) in [5.41, 5.74) is 7.34. The summed E-state index contributed by atoms with van der Waals surface area (Å²) in [6, 6.07) is 16.9. The Bertz CT molecular complexity index is 779. The number of nitrogens with zero attached hydrogens (tertiary/aromatic N) is 2. The molecule has 2 nitrogen and oxygen atoms in total. The standard InChI is InChI=1S/C19H16N2/c1-2-9-16-14(6-1)7-5-8-15-13-21-19(12-17(15)16)18-10-3-4-11-20-18/h1-4,6,9-13H,5,7-8H2. The average Bonchev–Trinajstić information content (AvgIpc) is 2.74. The maximum atomic E-state index is 4.61. The van der Waals surface area contributed by atoms with Gasteiger partial charge in [0, 0.05) is 12.4 Å². The van der Waals surface area contributed by atoms with Crippen molar-refractivity contribution in [1.29, 1.82) is 0 Å². The van der Waals surface area contributed by atoms with Gasteiger partial charge in [0.15, 0.2) is 0 Å². The van der Waals surface area contributed by atoms with Crippen LogP contribution in [0.15, 0.2) is 60.9 Å². The largest absolute Gasteiger partial charge is 0.255 e. The Morgan fingerprint density at radius 3 is 2.48 bits per heavy atom. The molecule has 0 radical (unpaired) electrons. The molecule has 0 aliphatic heterocycles. The van der Waals surface area contributed by atoms with Crippen LogP contribution in [0.1, 0.15) is 17.5 Å². The van der Waals surface area contributed by atoms with Crippen LogP contribution in [0.3, 0.4) is 0 Å². The van der Waals surface area contributed by atoms with Crippen molar-refractivity contribution in [2.45, 2.75) is 19.3 Å². The predicted octanol–water partition coefficient (Wildman–Crippen LogP) is 4.30. The fourth-order valence-corrected chi connectivity index (χ4v) is 3.06. The van der Waals surface area contributed by atoms with Gasteiger partial charge in [-0.3, -0.25) is 9.97 Å². The fraction of sp³-hybridized carbons (Fsp3) is 0.158. The molecule has 1 aromatic carbocycles. The van der Waals surface area contributed by atoms with E-state index in [1.165, 1.54) is 28.7 Å². The first-order chi connectivity index (χ1) is 10.4. The zero-order valence-corrected chi connectivity index (χ0v) is 11.8. The van der Waals surface area contributed by atoms with Gasteiger partial charge in [-0.15, -0.1) is 0 Å². The maximum absolute atomic E-state index is 4.61. The first-order valence-electron chi connectivity index (χ1n) is 7.40. The molecule has 3 aromatic rings. The van der Waals surface area contributed by atoms with Crippen LogP contribution in [0, 0.1) is 0 Å². The van der Waals surface area contributed by atoms with Gasteiger partial charge in [-0.1, -0.05) is 30.3 Å². The van der Waals surface area contributed by atoms with Crippen LogP contribution in [0.4, 0.5) is 0 Å². The minimum absolute atomic E-state index is 0.932.